The van der Waals surface area contributed by atoms with Gasteiger partial charge in [-0.15, -0.1) is 0 Å². The molecule has 0 aliphatic carbocycles. The fourth-order valence-corrected chi connectivity index (χ4v) is 2.75. The number of nitrogens with two attached hydrogens (primary N) is 1. The third-order valence-corrected chi connectivity index (χ3v) is 4.48. The molecule has 0 aliphatic heterocycles. The Balaban J connectivity index is 2.90. The lowest BCUT2D eigenvalue weighted by molar-refractivity contribution is -0.121. The number of nitrogen functional groups attached to an aromatic ring is 1. The van der Waals surface area contributed by atoms with E-state index in [2.05, 4.69) is 5.32 Å². The molecule has 1 aromatic rings. The molecule has 0 unspecified atom stereocenters. The number of nitrogens with one attached hydrogen (secondary N) is 1. The van der Waals surface area contributed by atoms with Crippen molar-refractivity contribution in [1.29, 1.82) is 0 Å². The first-order valence-electron chi connectivity index (χ1n) is 6.07. The Bertz CT molecular complexity index is 590. The molecule has 0 saturated heterocycles. The van der Waals surface area contributed by atoms with Crippen LogP contribution in [0.1, 0.15) is 13.3 Å². The van der Waals surface area contributed by atoms with E-state index in [0.717, 1.165) is 28.9 Å². The summed E-state index contributed by atoms with van der Waals surface area (Å²) in [6.07, 6.45) is 0.757. The van der Waals surface area contributed by atoms with Gasteiger partial charge in [0.25, 0.3) is 0 Å². The number of carbonyl (C=O) groups excluding carboxylic acids is 1. The molecule has 112 valence electrons. The minimum absolute atomic E-state index is 0.189. The van der Waals surface area contributed by atoms with Crippen molar-refractivity contribution in [2.45, 2.75) is 18.2 Å². The topological polar surface area (TPSA) is 92.5 Å². The number of benzene rings is 1. The smallest absolute Gasteiger partial charge is 0.245 e. The number of amides is 1. The zero-order valence-electron chi connectivity index (χ0n) is 11.4. The van der Waals surface area contributed by atoms with Crippen LogP contribution in [0.2, 0.25) is 0 Å². The highest BCUT2D eigenvalue weighted by molar-refractivity contribution is 7.89. The number of hydrogen-bond donors (Lipinski definition) is 2. The Labute approximate surface area is 117 Å². The number of sulfonamides is 1. The monoisotopic (exact) mass is 303 g/mol. The van der Waals surface area contributed by atoms with Crippen molar-refractivity contribution in [3.63, 3.8) is 0 Å². The number of nitrogens with zero attached hydrogens (tertiary/aromatic N) is 1. The van der Waals surface area contributed by atoms with Crippen molar-refractivity contribution in [3.8, 4) is 0 Å². The van der Waals surface area contributed by atoms with E-state index in [1.54, 1.807) is 0 Å². The van der Waals surface area contributed by atoms with Crippen LogP contribution in [0.15, 0.2) is 23.1 Å². The van der Waals surface area contributed by atoms with Crippen LogP contribution in [0.5, 0.6) is 0 Å². The molecule has 1 aromatic carbocycles. The molecule has 0 bridgehead atoms. The Morgan fingerprint density at radius 2 is 2.10 bits per heavy atom. The maximum absolute atomic E-state index is 12.9. The largest absolute Gasteiger partial charge is 0.398 e. The van der Waals surface area contributed by atoms with Crippen LogP contribution in [-0.4, -0.2) is 38.8 Å². The minimum atomic E-state index is -3.93. The molecular formula is C12H18FN3O3S. The van der Waals surface area contributed by atoms with Crippen molar-refractivity contribution < 1.29 is 17.6 Å². The molecule has 0 saturated carbocycles. The maximum atomic E-state index is 12.9. The second kappa shape index (κ2) is 6.67. The molecule has 0 heterocycles. The molecule has 3 N–H and O–H groups in total. The summed E-state index contributed by atoms with van der Waals surface area (Å²) >= 11 is 0. The average Bonchev–Trinajstić information content (AvgIpc) is 2.35. The lowest BCUT2D eigenvalue weighted by Crippen LogP contribution is -2.38. The van der Waals surface area contributed by atoms with Crippen molar-refractivity contribution >= 4 is 21.6 Å². The molecule has 20 heavy (non-hydrogen) atoms. The van der Waals surface area contributed by atoms with Crippen LogP contribution in [0.4, 0.5) is 10.1 Å². The first-order valence-corrected chi connectivity index (χ1v) is 7.51. The maximum Gasteiger partial charge on any atom is 0.245 e. The SMILES string of the molecule is CCCNC(=O)CN(C)S(=O)(=O)c1ccc(F)cc1N. The normalized spacial score (nSPS) is 11.6. The van der Waals surface area contributed by atoms with E-state index < -0.39 is 21.7 Å². The molecule has 0 atom stereocenters. The highest BCUT2D eigenvalue weighted by Gasteiger charge is 2.25. The lowest BCUT2D eigenvalue weighted by Gasteiger charge is -2.17. The summed E-state index contributed by atoms with van der Waals surface area (Å²) in [4.78, 5) is 11.3. The van der Waals surface area contributed by atoms with E-state index in [1.165, 1.54) is 7.05 Å². The second-order valence-electron chi connectivity index (χ2n) is 4.29. The van der Waals surface area contributed by atoms with Gasteiger partial charge in [-0.25, -0.2) is 12.8 Å². The molecule has 6 nitrogen and oxygen atoms in total. The summed E-state index contributed by atoms with van der Waals surface area (Å²) in [7, 11) is -2.66. The molecule has 0 fully saturated rings. The average molecular weight is 303 g/mol. The van der Waals surface area contributed by atoms with Crippen LogP contribution in [-0.2, 0) is 14.8 Å². The molecule has 0 aliphatic rings. The Kier molecular flexibility index (Phi) is 5.46. The number of carbonyl (C=O) groups is 1. The van der Waals surface area contributed by atoms with Crippen LogP contribution in [0.3, 0.4) is 0 Å². The third kappa shape index (κ3) is 3.91. The van der Waals surface area contributed by atoms with Crippen LogP contribution < -0.4 is 11.1 Å². The highest BCUT2D eigenvalue weighted by Crippen LogP contribution is 2.22. The summed E-state index contributed by atoms with van der Waals surface area (Å²) in [6, 6.07) is 3.02. The molecule has 1 rings (SSSR count). The summed E-state index contributed by atoms with van der Waals surface area (Å²) in [5, 5.41) is 2.57. The van der Waals surface area contributed by atoms with Gasteiger partial charge in [-0.3, -0.25) is 4.79 Å². The van der Waals surface area contributed by atoms with Crippen molar-refractivity contribution in [2.24, 2.45) is 0 Å². The zero-order chi connectivity index (χ0) is 15.3. The number of rotatable bonds is 6. The summed E-state index contributed by atoms with van der Waals surface area (Å²) < 4.78 is 38.2. The summed E-state index contributed by atoms with van der Waals surface area (Å²) in [6.45, 7) is 2.05. The van der Waals surface area contributed by atoms with Gasteiger partial charge in [-0.2, -0.15) is 4.31 Å². The molecule has 0 spiro atoms. The second-order valence-corrected chi connectivity index (χ2v) is 6.31. The first-order chi connectivity index (χ1) is 9.28. The van der Waals surface area contributed by atoms with Gasteiger partial charge in [0.05, 0.1) is 12.2 Å². The van der Waals surface area contributed by atoms with Crippen molar-refractivity contribution in [1.82, 2.24) is 9.62 Å². The van der Waals surface area contributed by atoms with Gasteiger partial charge < -0.3 is 11.1 Å². The summed E-state index contributed by atoms with van der Waals surface area (Å²) in [5.41, 5.74) is 5.32. The first kappa shape index (κ1) is 16.4. The van der Waals surface area contributed by atoms with E-state index in [-0.39, 0.29) is 17.1 Å². The van der Waals surface area contributed by atoms with Gasteiger partial charge in [0, 0.05) is 13.6 Å². The quantitative estimate of drug-likeness (QED) is 0.751. The van der Waals surface area contributed by atoms with Crippen molar-refractivity contribution in [3.05, 3.63) is 24.0 Å². The van der Waals surface area contributed by atoms with Crippen LogP contribution in [0, 0.1) is 5.82 Å². The molecule has 0 radical (unpaired) electrons. The van der Waals surface area contributed by atoms with E-state index in [1.807, 2.05) is 6.92 Å². The third-order valence-electron chi connectivity index (χ3n) is 2.60. The van der Waals surface area contributed by atoms with Crippen LogP contribution >= 0.6 is 0 Å². The van der Waals surface area contributed by atoms with Gasteiger partial charge in [0.1, 0.15) is 10.7 Å². The number of anilines is 1. The summed E-state index contributed by atoms with van der Waals surface area (Å²) in [5.74, 6) is -1.02. The lowest BCUT2D eigenvalue weighted by atomic mass is 10.3. The number of likely N-dealkylation sites (N-methyl/N-ethyl adjacent to an activating group) is 1. The Morgan fingerprint density at radius 3 is 2.65 bits per heavy atom. The molecule has 1 amide bonds. The molecule has 8 heteroatoms. The van der Waals surface area contributed by atoms with E-state index in [4.69, 9.17) is 5.73 Å². The Hall–Kier alpha value is -1.67. The van der Waals surface area contributed by atoms with Gasteiger partial charge in [-0.05, 0) is 24.6 Å². The standard InChI is InChI=1S/C12H18FN3O3S/c1-3-6-15-12(17)8-16(2)20(18,19)11-5-4-9(13)7-10(11)14/h4-5,7H,3,6,8,14H2,1-2H3,(H,15,17). The predicted molar refractivity (Wildman–Crippen MR) is 73.9 cm³/mol. The van der Waals surface area contributed by atoms with E-state index in [9.17, 15) is 17.6 Å². The zero-order valence-corrected chi connectivity index (χ0v) is 12.2. The van der Waals surface area contributed by atoms with Gasteiger partial charge >= 0.3 is 0 Å². The molecule has 0 aromatic heterocycles. The van der Waals surface area contributed by atoms with Gasteiger partial charge in [0.2, 0.25) is 15.9 Å². The number of hydrogen-bond acceptors (Lipinski definition) is 4. The number of halogens is 1. The van der Waals surface area contributed by atoms with E-state index in [0.29, 0.717) is 6.54 Å². The van der Waals surface area contributed by atoms with Gasteiger partial charge in [0.15, 0.2) is 0 Å². The van der Waals surface area contributed by atoms with Crippen molar-refractivity contribution in [2.75, 3.05) is 25.9 Å². The minimum Gasteiger partial charge on any atom is -0.398 e. The van der Waals surface area contributed by atoms with Gasteiger partial charge in [-0.1, -0.05) is 6.92 Å². The predicted octanol–water partition coefficient (Wildman–Crippen LogP) is 0.555. The highest BCUT2D eigenvalue weighted by atomic mass is 32.2. The fraction of sp³-hybridized carbons (Fsp3) is 0.417. The fourth-order valence-electron chi connectivity index (χ4n) is 1.53. The van der Waals surface area contributed by atoms with Crippen LogP contribution in [0.25, 0.3) is 0 Å². The van der Waals surface area contributed by atoms with E-state index >= 15 is 0 Å². The molecular weight excluding hydrogens is 285 g/mol. The Morgan fingerprint density at radius 1 is 1.45 bits per heavy atom.